The fourth-order valence-electron chi connectivity index (χ4n) is 6.59. The van der Waals surface area contributed by atoms with Crippen molar-refractivity contribution >= 4 is 11.9 Å². The van der Waals surface area contributed by atoms with Crippen LogP contribution in [0.5, 0.6) is 5.75 Å². The molecule has 2 N–H and O–H groups in total. The fourth-order valence-corrected chi connectivity index (χ4v) is 6.59. The Balaban J connectivity index is 1.20. The van der Waals surface area contributed by atoms with Crippen LogP contribution in [0, 0.1) is 17.8 Å². The summed E-state index contributed by atoms with van der Waals surface area (Å²) < 4.78 is 5.80. The van der Waals surface area contributed by atoms with Gasteiger partial charge in [0, 0.05) is 24.2 Å². The summed E-state index contributed by atoms with van der Waals surface area (Å²) in [5.41, 5.74) is 0.986. The number of urea groups is 1. The predicted octanol–water partition coefficient (Wildman–Crippen LogP) is 3.06. The van der Waals surface area contributed by atoms with Gasteiger partial charge in [-0.05, 0) is 69.3 Å². The largest absolute Gasteiger partial charge is 0.492 e. The van der Waals surface area contributed by atoms with Gasteiger partial charge in [-0.25, -0.2) is 4.79 Å². The van der Waals surface area contributed by atoms with E-state index in [1.807, 2.05) is 31.2 Å². The number of nitrogens with one attached hydrogen (secondary N) is 2. The number of fused-ring (bicyclic) bond motifs is 1. The highest BCUT2D eigenvalue weighted by molar-refractivity contribution is 5.97. The van der Waals surface area contributed by atoms with Crippen LogP contribution in [-0.2, 0) is 11.3 Å². The summed E-state index contributed by atoms with van der Waals surface area (Å²) in [6.45, 7) is 3.69. The van der Waals surface area contributed by atoms with E-state index >= 15 is 0 Å². The van der Waals surface area contributed by atoms with Crippen molar-refractivity contribution in [3.05, 3.63) is 29.8 Å². The molecule has 4 saturated carbocycles. The fraction of sp³-hybridized carbons (Fsp3) is 0.652. The average Bonchev–Trinajstić information content (AvgIpc) is 2.88. The predicted molar refractivity (Wildman–Crippen MR) is 109 cm³/mol. The van der Waals surface area contributed by atoms with Gasteiger partial charge in [0.15, 0.2) is 0 Å². The van der Waals surface area contributed by atoms with Crippen LogP contribution in [0.25, 0.3) is 0 Å². The normalized spacial score (nSPS) is 33.9. The quantitative estimate of drug-likeness (QED) is 0.822. The van der Waals surface area contributed by atoms with Gasteiger partial charge in [0.1, 0.15) is 12.4 Å². The Morgan fingerprint density at radius 1 is 1.10 bits per heavy atom. The Morgan fingerprint density at radius 3 is 2.45 bits per heavy atom. The number of rotatable bonds is 3. The maximum atomic E-state index is 12.8. The van der Waals surface area contributed by atoms with Crippen molar-refractivity contribution in [2.24, 2.45) is 17.8 Å². The molecule has 3 amide bonds. The standard InChI is InChI=1S/C23H31N3O3/c1-15(26-6-7-29-20-5-3-2-4-19(20)14-26)21(27)24-22(28)25-23-11-16-8-17(12-23)10-18(9-16)13-23/h2-5,15-18H,6-14H2,1H3,(H2,24,25,27,28). The summed E-state index contributed by atoms with van der Waals surface area (Å²) in [6.07, 6.45) is 7.23. The lowest BCUT2D eigenvalue weighted by Crippen LogP contribution is -2.62. The smallest absolute Gasteiger partial charge is 0.321 e. The zero-order valence-electron chi connectivity index (χ0n) is 17.2. The zero-order chi connectivity index (χ0) is 20.0. The molecule has 0 radical (unpaired) electrons. The highest BCUT2D eigenvalue weighted by atomic mass is 16.5. The molecule has 1 atom stereocenters. The van der Waals surface area contributed by atoms with Crippen LogP contribution in [0.1, 0.15) is 51.0 Å². The second kappa shape index (κ2) is 7.31. The van der Waals surface area contributed by atoms with E-state index in [0.717, 1.165) is 48.3 Å². The first-order valence-electron chi connectivity index (χ1n) is 11.1. The first-order chi connectivity index (χ1) is 14.0. The summed E-state index contributed by atoms with van der Waals surface area (Å²) in [5.74, 6) is 2.91. The number of carbonyl (C=O) groups is 2. The number of nitrogens with zero attached hydrogens (tertiary/aromatic N) is 1. The number of para-hydroxylation sites is 1. The molecule has 0 aromatic heterocycles. The van der Waals surface area contributed by atoms with E-state index in [1.165, 1.54) is 19.3 Å². The Morgan fingerprint density at radius 2 is 1.76 bits per heavy atom. The molecule has 6 nitrogen and oxygen atoms in total. The summed E-state index contributed by atoms with van der Waals surface area (Å²) >= 11 is 0. The van der Waals surface area contributed by atoms with Crippen molar-refractivity contribution in [3.63, 3.8) is 0 Å². The van der Waals surface area contributed by atoms with Crippen molar-refractivity contribution in [2.75, 3.05) is 13.2 Å². The third-order valence-electron chi connectivity index (χ3n) is 7.56. The summed E-state index contributed by atoms with van der Waals surface area (Å²) in [4.78, 5) is 27.6. The highest BCUT2D eigenvalue weighted by Gasteiger charge is 2.51. The number of benzene rings is 1. The highest BCUT2D eigenvalue weighted by Crippen LogP contribution is 2.55. The van der Waals surface area contributed by atoms with Crippen LogP contribution < -0.4 is 15.4 Å². The molecule has 6 rings (SSSR count). The van der Waals surface area contributed by atoms with Crippen LogP contribution in [-0.4, -0.2) is 41.6 Å². The molecule has 0 spiro atoms. The van der Waals surface area contributed by atoms with Crippen LogP contribution >= 0.6 is 0 Å². The third kappa shape index (κ3) is 3.75. The topological polar surface area (TPSA) is 70.7 Å². The number of hydrogen-bond donors (Lipinski definition) is 2. The molecule has 4 aliphatic carbocycles. The van der Waals surface area contributed by atoms with E-state index in [9.17, 15) is 9.59 Å². The average molecular weight is 398 g/mol. The summed E-state index contributed by atoms with van der Waals surface area (Å²) in [5, 5.41) is 5.85. The van der Waals surface area contributed by atoms with Gasteiger partial charge >= 0.3 is 6.03 Å². The monoisotopic (exact) mass is 397 g/mol. The van der Waals surface area contributed by atoms with E-state index in [4.69, 9.17) is 4.74 Å². The molecule has 4 fully saturated rings. The van der Waals surface area contributed by atoms with Crippen LogP contribution in [0.2, 0.25) is 0 Å². The lowest BCUT2D eigenvalue weighted by Gasteiger charge is -2.56. The van der Waals surface area contributed by atoms with Gasteiger partial charge < -0.3 is 10.1 Å². The minimum Gasteiger partial charge on any atom is -0.492 e. The van der Waals surface area contributed by atoms with Crippen LogP contribution in [0.3, 0.4) is 0 Å². The number of imide groups is 1. The van der Waals surface area contributed by atoms with Gasteiger partial charge in [-0.3, -0.25) is 15.0 Å². The summed E-state index contributed by atoms with van der Waals surface area (Å²) in [7, 11) is 0. The molecule has 29 heavy (non-hydrogen) atoms. The number of amides is 3. The molecule has 1 aliphatic heterocycles. The first-order valence-corrected chi connectivity index (χ1v) is 11.1. The second-order valence-corrected chi connectivity index (χ2v) is 9.74. The van der Waals surface area contributed by atoms with Crippen molar-refractivity contribution < 1.29 is 14.3 Å². The minimum absolute atomic E-state index is 0.0856. The van der Waals surface area contributed by atoms with E-state index in [1.54, 1.807) is 0 Å². The Kier molecular flexibility index (Phi) is 4.77. The number of hydrogen-bond acceptors (Lipinski definition) is 4. The van der Waals surface area contributed by atoms with Crippen molar-refractivity contribution in [1.29, 1.82) is 0 Å². The molecule has 5 aliphatic rings. The lowest BCUT2D eigenvalue weighted by molar-refractivity contribution is -0.125. The number of carbonyl (C=O) groups excluding carboxylic acids is 2. The van der Waals surface area contributed by atoms with E-state index in [2.05, 4.69) is 15.5 Å². The maximum Gasteiger partial charge on any atom is 0.321 e. The SMILES string of the molecule is CC(C(=O)NC(=O)NC12CC3CC(CC(C3)C1)C2)N1CCOc2ccccc2C1. The van der Waals surface area contributed by atoms with Crippen molar-refractivity contribution in [1.82, 2.24) is 15.5 Å². The van der Waals surface area contributed by atoms with Crippen LogP contribution in [0.15, 0.2) is 24.3 Å². The van der Waals surface area contributed by atoms with Gasteiger partial charge in [0.05, 0.1) is 6.04 Å². The molecular formula is C23H31N3O3. The first kappa shape index (κ1) is 18.9. The van der Waals surface area contributed by atoms with E-state index < -0.39 is 6.04 Å². The van der Waals surface area contributed by atoms with Crippen molar-refractivity contribution in [2.45, 2.75) is 63.6 Å². The molecule has 1 unspecified atom stereocenters. The van der Waals surface area contributed by atoms with Crippen LogP contribution in [0.4, 0.5) is 4.79 Å². The van der Waals surface area contributed by atoms with Gasteiger partial charge in [0.25, 0.3) is 0 Å². The molecule has 156 valence electrons. The Bertz CT molecular complexity index is 773. The Hall–Kier alpha value is -2.08. The van der Waals surface area contributed by atoms with Gasteiger partial charge in [0.2, 0.25) is 5.91 Å². The number of ether oxygens (including phenoxy) is 1. The molecule has 0 saturated heterocycles. The van der Waals surface area contributed by atoms with E-state index in [-0.39, 0.29) is 17.5 Å². The Labute approximate surface area is 172 Å². The molecule has 1 aromatic carbocycles. The molecule has 1 aromatic rings. The minimum atomic E-state index is -0.396. The van der Waals surface area contributed by atoms with Gasteiger partial charge in [-0.2, -0.15) is 0 Å². The lowest BCUT2D eigenvalue weighted by atomic mass is 9.53. The molecule has 1 heterocycles. The van der Waals surface area contributed by atoms with Gasteiger partial charge in [-0.1, -0.05) is 18.2 Å². The van der Waals surface area contributed by atoms with Crippen molar-refractivity contribution in [3.8, 4) is 5.75 Å². The molecule has 6 heteroatoms. The summed E-state index contributed by atoms with van der Waals surface area (Å²) in [6, 6.07) is 7.21. The molecular weight excluding hydrogens is 366 g/mol. The third-order valence-corrected chi connectivity index (χ3v) is 7.56. The zero-order valence-corrected chi connectivity index (χ0v) is 17.2. The molecule has 4 bridgehead atoms. The second-order valence-electron chi connectivity index (χ2n) is 9.74. The van der Waals surface area contributed by atoms with Gasteiger partial charge in [-0.15, -0.1) is 0 Å². The van der Waals surface area contributed by atoms with E-state index in [0.29, 0.717) is 19.7 Å². The maximum absolute atomic E-state index is 12.8.